The molecule has 3 rings (SSSR count). The molecule has 4 nitrogen and oxygen atoms in total. The molecule has 5 heteroatoms. The molecule has 1 aromatic heterocycles. The number of hydrogen-bond donors (Lipinski definition) is 1. The van der Waals surface area contributed by atoms with E-state index in [0.29, 0.717) is 5.88 Å². The third-order valence-electron chi connectivity index (χ3n) is 3.26. The van der Waals surface area contributed by atoms with Crippen molar-refractivity contribution in [1.82, 2.24) is 10.3 Å². The minimum atomic E-state index is 0.586. The van der Waals surface area contributed by atoms with E-state index in [4.69, 9.17) is 4.74 Å². The number of ether oxygens (including phenoxy) is 1. The van der Waals surface area contributed by atoms with Crippen LogP contribution in [0.15, 0.2) is 47.1 Å². The van der Waals surface area contributed by atoms with E-state index in [1.807, 2.05) is 24.3 Å². The monoisotopic (exact) mass is 333 g/mol. The molecule has 1 fully saturated rings. The summed E-state index contributed by atoms with van der Waals surface area (Å²) in [5.74, 6) is 1.38. The van der Waals surface area contributed by atoms with Crippen molar-refractivity contribution >= 4 is 21.6 Å². The van der Waals surface area contributed by atoms with Crippen LogP contribution in [0.25, 0.3) is 0 Å². The maximum Gasteiger partial charge on any atom is 0.233 e. The minimum absolute atomic E-state index is 0.586. The lowest BCUT2D eigenvalue weighted by Crippen LogP contribution is -2.43. The molecule has 2 aromatic rings. The quantitative estimate of drug-likeness (QED) is 0.936. The highest BCUT2D eigenvalue weighted by Crippen LogP contribution is 2.28. The molecule has 1 N–H and O–H groups in total. The third-order valence-corrected chi connectivity index (χ3v) is 3.86. The van der Waals surface area contributed by atoms with Gasteiger partial charge in [0.2, 0.25) is 5.88 Å². The Morgan fingerprint density at radius 3 is 2.55 bits per heavy atom. The number of benzene rings is 1. The van der Waals surface area contributed by atoms with E-state index < -0.39 is 0 Å². The summed E-state index contributed by atoms with van der Waals surface area (Å²) in [5.41, 5.74) is 1.24. The van der Waals surface area contributed by atoms with E-state index in [2.05, 4.69) is 43.3 Å². The Bertz CT molecular complexity index is 568. The lowest BCUT2D eigenvalue weighted by atomic mass is 10.2. The van der Waals surface area contributed by atoms with Crippen molar-refractivity contribution in [2.75, 3.05) is 31.1 Å². The molecule has 20 heavy (non-hydrogen) atoms. The standard InChI is InChI=1S/C15H16BrN3O/c16-14-2-1-7-18-15(14)20-13-5-3-12(4-6-13)19-10-8-17-9-11-19/h1-7,17H,8-11H2. The fourth-order valence-corrected chi connectivity index (χ4v) is 2.54. The Labute approximate surface area is 126 Å². The molecular formula is C15H16BrN3O. The van der Waals surface area contributed by atoms with E-state index in [9.17, 15) is 0 Å². The average molecular weight is 334 g/mol. The fourth-order valence-electron chi connectivity index (χ4n) is 2.21. The first-order valence-electron chi connectivity index (χ1n) is 6.67. The van der Waals surface area contributed by atoms with Gasteiger partial charge in [0.1, 0.15) is 5.75 Å². The topological polar surface area (TPSA) is 37.4 Å². The van der Waals surface area contributed by atoms with Crippen molar-refractivity contribution in [3.05, 3.63) is 47.1 Å². The maximum absolute atomic E-state index is 5.76. The summed E-state index contributed by atoms with van der Waals surface area (Å²) in [7, 11) is 0. The molecule has 1 aliphatic rings. The predicted molar refractivity (Wildman–Crippen MR) is 83.5 cm³/mol. The summed E-state index contributed by atoms with van der Waals surface area (Å²) in [6.07, 6.45) is 1.72. The summed E-state index contributed by atoms with van der Waals surface area (Å²) < 4.78 is 6.62. The zero-order valence-electron chi connectivity index (χ0n) is 11.1. The van der Waals surface area contributed by atoms with Crippen LogP contribution in [0.1, 0.15) is 0 Å². The summed E-state index contributed by atoms with van der Waals surface area (Å²) in [5, 5.41) is 3.35. The van der Waals surface area contributed by atoms with E-state index in [-0.39, 0.29) is 0 Å². The van der Waals surface area contributed by atoms with Gasteiger partial charge in [0, 0.05) is 38.1 Å². The number of aromatic nitrogens is 1. The Hall–Kier alpha value is -1.59. The molecule has 1 aromatic carbocycles. The van der Waals surface area contributed by atoms with Gasteiger partial charge in [-0.1, -0.05) is 0 Å². The number of nitrogens with one attached hydrogen (secondary N) is 1. The van der Waals surface area contributed by atoms with Crippen LogP contribution in [-0.2, 0) is 0 Å². The van der Waals surface area contributed by atoms with Crippen molar-refractivity contribution in [2.24, 2.45) is 0 Å². The largest absolute Gasteiger partial charge is 0.438 e. The molecule has 1 saturated heterocycles. The summed E-state index contributed by atoms with van der Waals surface area (Å²) >= 11 is 3.43. The van der Waals surface area contributed by atoms with Gasteiger partial charge in [0.05, 0.1) is 4.47 Å². The Morgan fingerprint density at radius 2 is 1.85 bits per heavy atom. The predicted octanol–water partition coefficient (Wildman–Crippen LogP) is 3.05. The van der Waals surface area contributed by atoms with Crippen LogP contribution in [0, 0.1) is 0 Å². The lowest BCUT2D eigenvalue weighted by molar-refractivity contribution is 0.459. The Kier molecular flexibility index (Phi) is 4.18. The van der Waals surface area contributed by atoms with Gasteiger partial charge >= 0.3 is 0 Å². The first-order valence-corrected chi connectivity index (χ1v) is 7.46. The lowest BCUT2D eigenvalue weighted by Gasteiger charge is -2.29. The van der Waals surface area contributed by atoms with Gasteiger partial charge in [-0.2, -0.15) is 0 Å². The van der Waals surface area contributed by atoms with Gasteiger partial charge in [-0.15, -0.1) is 0 Å². The number of piperazine rings is 1. The molecule has 0 aliphatic carbocycles. The van der Waals surface area contributed by atoms with Crippen molar-refractivity contribution in [3.63, 3.8) is 0 Å². The summed E-state index contributed by atoms with van der Waals surface area (Å²) in [6, 6.07) is 11.9. The second-order valence-corrected chi connectivity index (χ2v) is 5.48. The molecule has 0 spiro atoms. The Balaban J connectivity index is 1.71. The third kappa shape index (κ3) is 3.11. The molecule has 0 amide bonds. The Morgan fingerprint density at radius 1 is 1.10 bits per heavy atom. The molecule has 1 aliphatic heterocycles. The van der Waals surface area contributed by atoms with E-state index in [1.54, 1.807) is 6.20 Å². The molecule has 104 valence electrons. The molecule has 0 unspecified atom stereocenters. The molecule has 0 radical (unpaired) electrons. The van der Waals surface area contributed by atoms with E-state index >= 15 is 0 Å². The number of halogens is 1. The second-order valence-electron chi connectivity index (χ2n) is 4.62. The van der Waals surface area contributed by atoms with Crippen molar-refractivity contribution in [3.8, 4) is 11.6 Å². The zero-order valence-corrected chi connectivity index (χ0v) is 12.6. The highest BCUT2D eigenvalue weighted by Gasteiger charge is 2.10. The van der Waals surface area contributed by atoms with Gasteiger partial charge in [0.25, 0.3) is 0 Å². The first-order chi connectivity index (χ1) is 9.83. The summed E-state index contributed by atoms with van der Waals surface area (Å²) in [6.45, 7) is 4.18. The van der Waals surface area contributed by atoms with Gasteiger partial charge in [-0.05, 0) is 52.3 Å². The molecule has 0 bridgehead atoms. The molecule has 0 atom stereocenters. The number of rotatable bonds is 3. The van der Waals surface area contributed by atoms with Gasteiger partial charge in [-0.3, -0.25) is 0 Å². The number of pyridine rings is 1. The van der Waals surface area contributed by atoms with E-state index in [0.717, 1.165) is 36.4 Å². The van der Waals surface area contributed by atoms with Crippen LogP contribution < -0.4 is 15.0 Å². The average Bonchev–Trinajstić information content (AvgIpc) is 2.51. The SMILES string of the molecule is Brc1cccnc1Oc1ccc(N2CCNCC2)cc1. The zero-order chi connectivity index (χ0) is 13.8. The van der Waals surface area contributed by atoms with Gasteiger partial charge in [-0.25, -0.2) is 4.98 Å². The molecule has 2 heterocycles. The van der Waals surface area contributed by atoms with Crippen molar-refractivity contribution in [2.45, 2.75) is 0 Å². The second kappa shape index (κ2) is 6.24. The van der Waals surface area contributed by atoms with Crippen LogP contribution >= 0.6 is 15.9 Å². The first kappa shape index (κ1) is 13.4. The maximum atomic E-state index is 5.76. The van der Waals surface area contributed by atoms with Crippen LogP contribution in [0.2, 0.25) is 0 Å². The van der Waals surface area contributed by atoms with Gasteiger partial charge in [0.15, 0.2) is 0 Å². The number of nitrogens with zero attached hydrogens (tertiary/aromatic N) is 2. The smallest absolute Gasteiger partial charge is 0.233 e. The minimum Gasteiger partial charge on any atom is -0.438 e. The fraction of sp³-hybridized carbons (Fsp3) is 0.267. The van der Waals surface area contributed by atoms with Crippen molar-refractivity contribution in [1.29, 1.82) is 0 Å². The van der Waals surface area contributed by atoms with Crippen LogP contribution in [0.4, 0.5) is 5.69 Å². The normalized spacial score (nSPS) is 15.2. The summed E-state index contributed by atoms with van der Waals surface area (Å²) in [4.78, 5) is 6.57. The van der Waals surface area contributed by atoms with E-state index in [1.165, 1.54) is 5.69 Å². The highest BCUT2D eigenvalue weighted by atomic mass is 79.9. The number of hydrogen-bond acceptors (Lipinski definition) is 4. The van der Waals surface area contributed by atoms with Gasteiger partial charge < -0.3 is 15.0 Å². The highest BCUT2D eigenvalue weighted by molar-refractivity contribution is 9.10. The van der Waals surface area contributed by atoms with Crippen molar-refractivity contribution < 1.29 is 4.74 Å². The van der Waals surface area contributed by atoms with Crippen LogP contribution in [-0.4, -0.2) is 31.2 Å². The van der Waals surface area contributed by atoms with Crippen LogP contribution in [0.5, 0.6) is 11.6 Å². The van der Waals surface area contributed by atoms with Crippen LogP contribution in [0.3, 0.4) is 0 Å². The molecular weight excluding hydrogens is 318 g/mol. The molecule has 0 saturated carbocycles. The number of anilines is 1.